The fourth-order valence-electron chi connectivity index (χ4n) is 2.87. The van der Waals surface area contributed by atoms with Gasteiger partial charge >= 0.3 is 0 Å². The molecule has 0 amide bonds. The fourth-order valence-corrected chi connectivity index (χ4v) is 3.59. The lowest BCUT2D eigenvalue weighted by atomic mass is 9.73. The molecule has 3 heteroatoms. The van der Waals surface area contributed by atoms with Crippen LogP contribution in [0.25, 0.3) is 0 Å². The normalized spacial score (nSPS) is 26.9. The minimum Gasteiger partial charge on any atom is -0.385 e. The van der Waals surface area contributed by atoms with Gasteiger partial charge in [0, 0.05) is 18.0 Å². The van der Waals surface area contributed by atoms with Gasteiger partial charge in [0.2, 0.25) is 0 Å². The molecule has 0 aliphatic heterocycles. The molecular formula is C15H17NOS. The molecule has 1 aliphatic carbocycles. The lowest BCUT2D eigenvalue weighted by Crippen LogP contribution is -2.33. The minimum absolute atomic E-state index is 0.540. The molecule has 1 aromatic heterocycles. The summed E-state index contributed by atoms with van der Waals surface area (Å²) in [5, 5.41) is 14.0. The first-order valence-electron chi connectivity index (χ1n) is 6.39. The highest BCUT2D eigenvalue weighted by Crippen LogP contribution is 2.42. The highest BCUT2D eigenvalue weighted by atomic mass is 32.1. The van der Waals surface area contributed by atoms with Crippen molar-refractivity contribution in [1.29, 1.82) is 0 Å². The Morgan fingerprint density at radius 3 is 3.06 bits per heavy atom. The Labute approximate surface area is 111 Å². The van der Waals surface area contributed by atoms with E-state index < -0.39 is 5.60 Å². The number of thiazole rings is 1. The summed E-state index contributed by atoms with van der Waals surface area (Å²) in [7, 11) is 0. The predicted molar refractivity (Wildman–Crippen MR) is 73.8 cm³/mol. The van der Waals surface area contributed by atoms with Crippen LogP contribution in [0.4, 0.5) is 0 Å². The summed E-state index contributed by atoms with van der Waals surface area (Å²) in [6, 6.07) is 8.29. The molecule has 0 radical (unpaired) electrons. The van der Waals surface area contributed by atoms with Crippen molar-refractivity contribution in [2.75, 3.05) is 0 Å². The summed E-state index contributed by atoms with van der Waals surface area (Å²) >= 11 is 1.62. The number of aliphatic hydroxyl groups is 1. The van der Waals surface area contributed by atoms with E-state index in [-0.39, 0.29) is 0 Å². The Morgan fingerprint density at radius 2 is 2.28 bits per heavy atom. The molecule has 1 N–H and O–H groups in total. The van der Waals surface area contributed by atoms with Crippen LogP contribution in [0.15, 0.2) is 35.8 Å². The van der Waals surface area contributed by atoms with E-state index in [0.717, 1.165) is 23.4 Å². The van der Waals surface area contributed by atoms with E-state index in [1.165, 1.54) is 5.56 Å². The number of hydrogen-bond donors (Lipinski definition) is 1. The van der Waals surface area contributed by atoms with Gasteiger partial charge in [-0.1, -0.05) is 31.2 Å². The fraction of sp³-hybridized carbons (Fsp3) is 0.400. The van der Waals surface area contributed by atoms with Crippen LogP contribution in [0, 0.1) is 0 Å². The summed E-state index contributed by atoms with van der Waals surface area (Å²) in [6.07, 6.45) is 4.30. The van der Waals surface area contributed by atoms with Gasteiger partial charge in [0.15, 0.2) is 0 Å². The first-order valence-corrected chi connectivity index (χ1v) is 7.27. The van der Waals surface area contributed by atoms with Crippen LogP contribution in [-0.4, -0.2) is 10.1 Å². The van der Waals surface area contributed by atoms with Gasteiger partial charge in [0.05, 0.1) is 10.6 Å². The third-order valence-corrected chi connectivity index (χ3v) is 4.69. The second-order valence-electron chi connectivity index (χ2n) is 5.16. The molecule has 0 saturated carbocycles. The Balaban J connectivity index is 2.00. The van der Waals surface area contributed by atoms with Crippen LogP contribution < -0.4 is 0 Å². The molecule has 1 aromatic carbocycles. The van der Waals surface area contributed by atoms with E-state index in [1.54, 1.807) is 17.5 Å². The third-order valence-electron chi connectivity index (χ3n) is 3.91. The van der Waals surface area contributed by atoms with Gasteiger partial charge in [-0.3, -0.25) is 0 Å². The molecule has 94 valence electrons. The van der Waals surface area contributed by atoms with E-state index in [2.05, 4.69) is 30.1 Å². The quantitative estimate of drug-likeness (QED) is 0.895. The Morgan fingerprint density at radius 1 is 1.44 bits per heavy atom. The summed E-state index contributed by atoms with van der Waals surface area (Å²) < 4.78 is 0. The van der Waals surface area contributed by atoms with Crippen molar-refractivity contribution < 1.29 is 5.11 Å². The summed E-state index contributed by atoms with van der Waals surface area (Å²) in [5.41, 5.74) is 1.66. The van der Waals surface area contributed by atoms with E-state index in [9.17, 15) is 5.11 Å². The maximum Gasteiger partial charge on any atom is 0.0962 e. The standard InChI is InChI=1S/C15H17NOS/c1-11-6-7-15(17,10-14-16-8-9-18-14)13-5-3-2-4-12(11)13/h2-5,8-9,11,17H,6-7,10H2,1H3. The molecule has 0 saturated heterocycles. The molecule has 2 aromatic rings. The van der Waals surface area contributed by atoms with Crippen LogP contribution in [-0.2, 0) is 12.0 Å². The average molecular weight is 259 g/mol. The largest absolute Gasteiger partial charge is 0.385 e. The maximum absolute atomic E-state index is 11.0. The summed E-state index contributed by atoms with van der Waals surface area (Å²) in [6.45, 7) is 2.24. The van der Waals surface area contributed by atoms with Crippen LogP contribution in [0.3, 0.4) is 0 Å². The van der Waals surface area contributed by atoms with E-state index in [4.69, 9.17) is 0 Å². The number of aromatic nitrogens is 1. The van der Waals surface area contributed by atoms with Crippen molar-refractivity contribution >= 4 is 11.3 Å². The second-order valence-corrected chi connectivity index (χ2v) is 6.14. The lowest BCUT2D eigenvalue weighted by Gasteiger charge is -2.37. The van der Waals surface area contributed by atoms with E-state index in [0.29, 0.717) is 12.3 Å². The van der Waals surface area contributed by atoms with Crippen molar-refractivity contribution in [2.24, 2.45) is 0 Å². The SMILES string of the molecule is CC1CCC(O)(Cc2nccs2)c2ccccc21. The van der Waals surface area contributed by atoms with Crippen molar-refractivity contribution in [3.8, 4) is 0 Å². The molecule has 0 spiro atoms. The lowest BCUT2D eigenvalue weighted by molar-refractivity contribution is 0.0159. The van der Waals surface area contributed by atoms with Gasteiger partial charge in [-0.05, 0) is 29.9 Å². The third kappa shape index (κ3) is 1.98. The van der Waals surface area contributed by atoms with Crippen molar-refractivity contribution in [2.45, 2.75) is 37.7 Å². The number of fused-ring (bicyclic) bond motifs is 1. The van der Waals surface area contributed by atoms with Crippen molar-refractivity contribution in [1.82, 2.24) is 4.98 Å². The molecule has 2 unspecified atom stereocenters. The zero-order valence-corrected chi connectivity index (χ0v) is 11.3. The molecule has 3 rings (SSSR count). The number of benzene rings is 1. The van der Waals surface area contributed by atoms with Crippen LogP contribution in [0.1, 0.15) is 41.8 Å². The van der Waals surface area contributed by atoms with Gasteiger partial charge < -0.3 is 5.11 Å². The minimum atomic E-state index is -0.735. The smallest absolute Gasteiger partial charge is 0.0962 e. The molecule has 18 heavy (non-hydrogen) atoms. The van der Waals surface area contributed by atoms with Gasteiger partial charge in [-0.15, -0.1) is 11.3 Å². The molecule has 2 nitrogen and oxygen atoms in total. The highest BCUT2D eigenvalue weighted by molar-refractivity contribution is 7.09. The molecule has 0 bridgehead atoms. The van der Waals surface area contributed by atoms with E-state index >= 15 is 0 Å². The topological polar surface area (TPSA) is 33.1 Å². The van der Waals surface area contributed by atoms with Crippen molar-refractivity contribution in [3.05, 3.63) is 52.0 Å². The monoisotopic (exact) mass is 259 g/mol. The Hall–Kier alpha value is -1.19. The molecule has 1 aliphatic rings. The first kappa shape index (κ1) is 11.9. The van der Waals surface area contributed by atoms with Gasteiger partial charge in [0.25, 0.3) is 0 Å². The Kier molecular flexibility index (Phi) is 2.96. The summed E-state index contributed by atoms with van der Waals surface area (Å²) in [4.78, 5) is 4.31. The first-order chi connectivity index (χ1) is 8.69. The highest BCUT2D eigenvalue weighted by Gasteiger charge is 2.37. The van der Waals surface area contributed by atoms with E-state index in [1.807, 2.05) is 11.4 Å². The van der Waals surface area contributed by atoms with Crippen LogP contribution in [0.2, 0.25) is 0 Å². The van der Waals surface area contributed by atoms with Crippen LogP contribution in [0.5, 0.6) is 0 Å². The second kappa shape index (κ2) is 4.48. The van der Waals surface area contributed by atoms with Crippen LogP contribution >= 0.6 is 11.3 Å². The zero-order valence-electron chi connectivity index (χ0n) is 10.5. The van der Waals surface area contributed by atoms with Gasteiger partial charge in [0.1, 0.15) is 0 Å². The predicted octanol–water partition coefficient (Wildman–Crippen LogP) is 3.47. The molecule has 0 fully saturated rings. The number of hydrogen-bond acceptors (Lipinski definition) is 3. The molecule has 2 atom stereocenters. The number of rotatable bonds is 2. The Bertz CT molecular complexity index is 537. The van der Waals surface area contributed by atoms with Crippen molar-refractivity contribution in [3.63, 3.8) is 0 Å². The summed E-state index contributed by atoms with van der Waals surface area (Å²) in [5.74, 6) is 0.540. The molecule has 1 heterocycles. The zero-order chi connectivity index (χ0) is 12.6. The number of nitrogens with zero attached hydrogens (tertiary/aromatic N) is 1. The average Bonchev–Trinajstić information content (AvgIpc) is 2.87. The van der Waals surface area contributed by atoms with Gasteiger partial charge in [-0.25, -0.2) is 4.98 Å². The van der Waals surface area contributed by atoms with Gasteiger partial charge in [-0.2, -0.15) is 0 Å². The maximum atomic E-state index is 11.0. The molecular weight excluding hydrogens is 242 g/mol.